The minimum atomic E-state index is -4.31. The summed E-state index contributed by atoms with van der Waals surface area (Å²) in [5, 5.41) is 0. The van der Waals surface area contributed by atoms with Crippen molar-refractivity contribution in [1.82, 2.24) is 4.90 Å². The summed E-state index contributed by atoms with van der Waals surface area (Å²) in [5.74, 6) is 3.19. The molecule has 3 fully saturated rings. The lowest BCUT2D eigenvalue weighted by Gasteiger charge is -2.40. The number of alkyl halides is 3. The number of rotatable bonds is 4. The quantitative estimate of drug-likeness (QED) is 0.533. The Balaban J connectivity index is 1.32. The molecule has 0 amide bonds. The lowest BCUT2D eigenvalue weighted by Crippen LogP contribution is -2.43. The topological polar surface area (TPSA) is 12.5 Å². The molecule has 2 saturated carbocycles. The van der Waals surface area contributed by atoms with Gasteiger partial charge >= 0.3 is 6.18 Å². The second-order valence-electron chi connectivity index (χ2n) is 9.58. The number of nitrogens with zero attached hydrogens (tertiary/aromatic N) is 1. The van der Waals surface area contributed by atoms with Crippen LogP contribution in [0.15, 0.2) is 42.5 Å². The van der Waals surface area contributed by atoms with E-state index in [0.29, 0.717) is 5.92 Å². The summed E-state index contributed by atoms with van der Waals surface area (Å²) in [6.07, 6.45) is 3.59. The Hall–Kier alpha value is -2.01. The number of fused-ring (bicyclic) bond motifs is 2. The molecule has 0 N–H and O–H groups in total. The van der Waals surface area contributed by atoms with Crippen molar-refractivity contribution in [3.63, 3.8) is 0 Å². The van der Waals surface area contributed by atoms with E-state index >= 15 is 0 Å². The van der Waals surface area contributed by atoms with Crippen LogP contribution in [0, 0.1) is 11.8 Å². The standard InChI is InChI=1S/C26H30F3NO/c1-31-25-9-6-20(18-4-7-22(8-5-18)26(27,28)29)16-23(25)19-10-12-30(13-11-19)24-15-17-2-3-21(24)14-17/h4-9,16-17,19,21,24H,2-3,10-15H2,1H3/t17-,21?,24-/m0/s1. The summed E-state index contributed by atoms with van der Waals surface area (Å²) in [5.41, 5.74) is 2.32. The van der Waals surface area contributed by atoms with Gasteiger partial charge in [0, 0.05) is 6.04 Å². The van der Waals surface area contributed by atoms with Crippen molar-refractivity contribution in [2.75, 3.05) is 20.2 Å². The van der Waals surface area contributed by atoms with Gasteiger partial charge in [-0.25, -0.2) is 0 Å². The highest BCUT2D eigenvalue weighted by atomic mass is 19.4. The number of methoxy groups -OCH3 is 1. The van der Waals surface area contributed by atoms with Gasteiger partial charge in [-0.1, -0.05) is 24.6 Å². The zero-order valence-corrected chi connectivity index (χ0v) is 18.0. The van der Waals surface area contributed by atoms with Crippen LogP contribution in [-0.4, -0.2) is 31.1 Å². The van der Waals surface area contributed by atoms with E-state index in [0.717, 1.165) is 72.8 Å². The van der Waals surface area contributed by atoms with Gasteiger partial charge in [-0.15, -0.1) is 0 Å². The average molecular weight is 430 g/mol. The van der Waals surface area contributed by atoms with Crippen molar-refractivity contribution < 1.29 is 17.9 Å². The van der Waals surface area contributed by atoms with E-state index in [1.54, 1.807) is 19.2 Å². The Morgan fingerprint density at radius 1 is 0.871 bits per heavy atom. The third kappa shape index (κ3) is 4.09. The van der Waals surface area contributed by atoms with Gasteiger partial charge in [0.1, 0.15) is 5.75 Å². The van der Waals surface area contributed by atoms with Gasteiger partial charge in [0.2, 0.25) is 0 Å². The summed E-state index contributed by atoms with van der Waals surface area (Å²) < 4.78 is 44.4. The molecule has 2 bridgehead atoms. The molecule has 0 aromatic heterocycles. The number of piperidine rings is 1. The fraction of sp³-hybridized carbons (Fsp3) is 0.538. The van der Waals surface area contributed by atoms with Gasteiger partial charge in [-0.2, -0.15) is 13.2 Å². The fourth-order valence-electron chi connectivity index (χ4n) is 6.29. The first-order valence-corrected chi connectivity index (χ1v) is 11.5. The summed E-state index contributed by atoms with van der Waals surface area (Å²) in [6, 6.07) is 12.3. The van der Waals surface area contributed by atoms with E-state index < -0.39 is 11.7 Å². The van der Waals surface area contributed by atoms with E-state index in [2.05, 4.69) is 11.0 Å². The maximum absolute atomic E-state index is 12.9. The van der Waals surface area contributed by atoms with Crippen molar-refractivity contribution in [2.45, 2.75) is 56.7 Å². The van der Waals surface area contributed by atoms with E-state index in [4.69, 9.17) is 4.74 Å². The maximum atomic E-state index is 12.9. The van der Waals surface area contributed by atoms with Crippen LogP contribution in [0.2, 0.25) is 0 Å². The van der Waals surface area contributed by atoms with Crippen LogP contribution in [0.3, 0.4) is 0 Å². The normalized spacial score (nSPS) is 27.0. The number of hydrogen-bond donors (Lipinski definition) is 0. The molecular weight excluding hydrogens is 399 g/mol. The fourth-order valence-corrected chi connectivity index (χ4v) is 6.29. The molecule has 2 aliphatic carbocycles. The Labute approximate surface area is 182 Å². The lowest BCUT2D eigenvalue weighted by molar-refractivity contribution is -0.137. The first kappa shape index (κ1) is 20.9. The number of halogens is 3. The second kappa shape index (κ2) is 8.16. The second-order valence-corrected chi connectivity index (χ2v) is 9.58. The first-order valence-electron chi connectivity index (χ1n) is 11.5. The number of ether oxygens (including phenoxy) is 1. The lowest BCUT2D eigenvalue weighted by atomic mass is 9.85. The van der Waals surface area contributed by atoms with Gasteiger partial charge in [0.05, 0.1) is 12.7 Å². The molecule has 166 valence electrons. The first-order chi connectivity index (χ1) is 14.9. The van der Waals surface area contributed by atoms with Crippen LogP contribution >= 0.6 is 0 Å². The van der Waals surface area contributed by atoms with Crippen molar-refractivity contribution in [2.24, 2.45) is 11.8 Å². The Morgan fingerprint density at radius 2 is 1.58 bits per heavy atom. The minimum Gasteiger partial charge on any atom is -0.496 e. The molecular formula is C26H30F3NO. The van der Waals surface area contributed by atoms with Gasteiger partial charge in [0.25, 0.3) is 0 Å². The molecule has 5 rings (SSSR count). The number of benzene rings is 2. The van der Waals surface area contributed by atoms with Crippen molar-refractivity contribution >= 4 is 0 Å². The van der Waals surface area contributed by atoms with Gasteiger partial charge < -0.3 is 9.64 Å². The van der Waals surface area contributed by atoms with E-state index in [1.165, 1.54) is 31.2 Å². The highest BCUT2D eigenvalue weighted by Crippen LogP contribution is 2.48. The molecule has 2 nitrogen and oxygen atoms in total. The number of hydrogen-bond acceptors (Lipinski definition) is 2. The molecule has 3 aliphatic rings. The summed E-state index contributed by atoms with van der Waals surface area (Å²) >= 11 is 0. The van der Waals surface area contributed by atoms with Crippen LogP contribution in [0.25, 0.3) is 11.1 Å². The minimum absolute atomic E-state index is 0.430. The van der Waals surface area contributed by atoms with E-state index in [9.17, 15) is 13.2 Å². The predicted octanol–water partition coefficient (Wildman–Crippen LogP) is 6.75. The predicted molar refractivity (Wildman–Crippen MR) is 116 cm³/mol. The molecule has 2 aromatic rings. The van der Waals surface area contributed by atoms with Gasteiger partial charge in [-0.3, -0.25) is 0 Å². The summed E-state index contributed by atoms with van der Waals surface area (Å²) in [7, 11) is 1.70. The van der Waals surface area contributed by atoms with Crippen LogP contribution in [0.5, 0.6) is 5.75 Å². The smallest absolute Gasteiger partial charge is 0.416 e. The van der Waals surface area contributed by atoms with Crippen LogP contribution in [0.4, 0.5) is 13.2 Å². The molecule has 3 atom stereocenters. The third-order valence-electron chi connectivity index (χ3n) is 7.91. The molecule has 1 unspecified atom stereocenters. The summed E-state index contributed by atoms with van der Waals surface area (Å²) in [6.45, 7) is 2.26. The average Bonchev–Trinajstić information content (AvgIpc) is 3.42. The molecule has 2 aromatic carbocycles. The Bertz CT molecular complexity index is 915. The van der Waals surface area contributed by atoms with Gasteiger partial charge in [-0.05, 0) is 104 Å². The molecule has 1 aliphatic heterocycles. The van der Waals surface area contributed by atoms with E-state index in [1.807, 2.05) is 12.1 Å². The van der Waals surface area contributed by atoms with Crippen LogP contribution in [-0.2, 0) is 6.18 Å². The molecule has 1 heterocycles. The highest BCUT2D eigenvalue weighted by molar-refractivity contribution is 5.66. The maximum Gasteiger partial charge on any atom is 0.416 e. The third-order valence-corrected chi connectivity index (χ3v) is 7.91. The van der Waals surface area contributed by atoms with E-state index in [-0.39, 0.29) is 0 Å². The molecule has 1 saturated heterocycles. The number of likely N-dealkylation sites (tertiary alicyclic amines) is 1. The molecule has 31 heavy (non-hydrogen) atoms. The van der Waals surface area contributed by atoms with Gasteiger partial charge in [0.15, 0.2) is 0 Å². The van der Waals surface area contributed by atoms with Crippen molar-refractivity contribution in [3.05, 3.63) is 53.6 Å². The summed E-state index contributed by atoms with van der Waals surface area (Å²) in [4.78, 5) is 2.73. The highest BCUT2D eigenvalue weighted by Gasteiger charge is 2.43. The zero-order chi connectivity index (χ0) is 21.6. The molecule has 0 radical (unpaired) electrons. The van der Waals surface area contributed by atoms with Crippen LogP contribution < -0.4 is 4.74 Å². The molecule has 5 heteroatoms. The van der Waals surface area contributed by atoms with Crippen molar-refractivity contribution in [1.29, 1.82) is 0 Å². The zero-order valence-electron chi connectivity index (χ0n) is 18.0. The molecule has 0 spiro atoms. The van der Waals surface area contributed by atoms with Crippen molar-refractivity contribution in [3.8, 4) is 16.9 Å². The monoisotopic (exact) mass is 429 g/mol. The Kier molecular flexibility index (Phi) is 5.49. The SMILES string of the molecule is COc1ccc(-c2ccc(C(F)(F)F)cc2)cc1C1CCN([C@H]2C[C@H]3CCC2C3)CC1. The Morgan fingerprint density at radius 3 is 2.16 bits per heavy atom. The largest absolute Gasteiger partial charge is 0.496 e. The van der Waals surface area contributed by atoms with Crippen LogP contribution in [0.1, 0.15) is 55.6 Å².